The third kappa shape index (κ3) is 4.63. The fraction of sp³-hybridized carbons (Fsp3) is 0.400. The number of imide groups is 1. The minimum atomic E-state index is -3.30. The standard InChI is InChI=1S/C25H29B2FN4O8/c26-16-8-14-15(11-32(22(14)35)20-21(34)30-23(36)24(27,37)25(20,38)39)18(19(16)33)29-9-13-2-1-12(7-17(13)28)10-31-3-5-40-6-4-31/h1-2,7-8,20,29,33,37-39H,3-6,9-11,26-27H2,(H,30,34,36). The molecular weight excluding hydrogens is 525 g/mol. The highest BCUT2D eigenvalue weighted by atomic mass is 19.1. The van der Waals surface area contributed by atoms with Gasteiger partial charge in [0.05, 0.1) is 25.4 Å². The average molecular weight is 554 g/mol. The van der Waals surface area contributed by atoms with Gasteiger partial charge in [-0.2, -0.15) is 0 Å². The molecule has 0 bridgehead atoms. The summed E-state index contributed by atoms with van der Waals surface area (Å²) in [6.45, 7) is 2.98. The maximum atomic E-state index is 15.0. The minimum absolute atomic E-state index is 0.0433. The average Bonchev–Trinajstić information content (AvgIpc) is 3.20. The molecule has 2 unspecified atom stereocenters. The van der Waals surface area contributed by atoms with Gasteiger partial charge in [-0.25, -0.2) is 4.39 Å². The van der Waals surface area contributed by atoms with Gasteiger partial charge in [-0.05, 0) is 17.1 Å². The quantitative estimate of drug-likeness (QED) is 0.0902. The number of halogens is 1. The number of piperidine rings is 1. The number of hydrogen-bond donors (Lipinski definition) is 6. The summed E-state index contributed by atoms with van der Waals surface area (Å²) in [6, 6.07) is 4.26. The number of nitrogens with zero attached hydrogens (tertiary/aromatic N) is 2. The van der Waals surface area contributed by atoms with E-state index < -0.39 is 40.9 Å². The Labute approximate surface area is 230 Å². The summed E-state index contributed by atoms with van der Waals surface area (Å²) in [5.41, 5.74) is -0.953. The van der Waals surface area contributed by atoms with Crippen LogP contribution in [0.25, 0.3) is 0 Å². The molecule has 0 saturated carbocycles. The van der Waals surface area contributed by atoms with Gasteiger partial charge in [0.2, 0.25) is 5.79 Å². The number of anilines is 1. The van der Waals surface area contributed by atoms with Gasteiger partial charge in [-0.15, -0.1) is 0 Å². The number of phenols is 1. The van der Waals surface area contributed by atoms with Crippen LogP contribution in [0.1, 0.15) is 27.0 Å². The van der Waals surface area contributed by atoms with Crippen LogP contribution in [0.5, 0.6) is 5.75 Å². The molecule has 2 aromatic carbocycles. The lowest BCUT2D eigenvalue weighted by molar-refractivity contribution is -0.267. The summed E-state index contributed by atoms with van der Waals surface area (Å²) >= 11 is 0. The smallest absolute Gasteiger partial charge is 0.255 e. The fourth-order valence-corrected chi connectivity index (χ4v) is 5.31. The number of fused-ring (bicyclic) bond motifs is 1. The van der Waals surface area contributed by atoms with E-state index in [0.717, 1.165) is 31.4 Å². The second-order valence-corrected chi connectivity index (χ2v) is 10.6. The highest BCUT2D eigenvalue weighted by Gasteiger charge is 2.64. The Balaban J connectivity index is 1.39. The Kier molecular flexibility index (Phi) is 7.13. The van der Waals surface area contributed by atoms with Crippen LogP contribution in [0.4, 0.5) is 10.1 Å². The molecule has 3 aliphatic rings. The lowest BCUT2D eigenvalue weighted by Crippen LogP contribution is -2.79. The van der Waals surface area contributed by atoms with Crippen molar-refractivity contribution in [3.63, 3.8) is 0 Å². The van der Waals surface area contributed by atoms with Crippen molar-refractivity contribution >= 4 is 44.6 Å². The zero-order valence-electron chi connectivity index (χ0n) is 22.0. The van der Waals surface area contributed by atoms with Crippen LogP contribution in [0.15, 0.2) is 24.3 Å². The maximum Gasteiger partial charge on any atom is 0.255 e. The highest BCUT2D eigenvalue weighted by Crippen LogP contribution is 2.39. The molecule has 2 saturated heterocycles. The molecule has 210 valence electrons. The zero-order valence-corrected chi connectivity index (χ0v) is 22.0. The summed E-state index contributed by atoms with van der Waals surface area (Å²) in [4.78, 5) is 41.0. The SMILES string of the molecule is Bc1cc2c(c(NCc3ccc(CN4CCOCC4)cc3F)c1O)CN(C1C(=O)NC(=O)C(B)(O)C1(O)O)C2=O. The van der Waals surface area contributed by atoms with Crippen molar-refractivity contribution < 1.29 is 43.9 Å². The second-order valence-electron chi connectivity index (χ2n) is 10.6. The topological polar surface area (TPSA) is 172 Å². The first-order valence-corrected chi connectivity index (χ1v) is 12.8. The third-order valence-corrected chi connectivity index (χ3v) is 7.84. The van der Waals surface area contributed by atoms with E-state index in [4.69, 9.17) is 4.74 Å². The molecule has 0 aliphatic carbocycles. The van der Waals surface area contributed by atoms with Crippen molar-refractivity contribution in [1.82, 2.24) is 15.1 Å². The van der Waals surface area contributed by atoms with Gasteiger partial charge in [0.15, 0.2) is 19.4 Å². The summed E-state index contributed by atoms with van der Waals surface area (Å²) in [5.74, 6) is -7.24. The maximum absolute atomic E-state index is 15.0. The van der Waals surface area contributed by atoms with Crippen molar-refractivity contribution in [2.75, 3.05) is 31.6 Å². The van der Waals surface area contributed by atoms with Crippen molar-refractivity contribution in [1.29, 1.82) is 0 Å². The summed E-state index contributed by atoms with van der Waals surface area (Å²) < 4.78 is 20.3. The number of aliphatic hydroxyl groups is 3. The number of carbonyl (C=O) groups excluding carboxylic acids is 3. The molecule has 0 radical (unpaired) electrons. The number of aromatic hydroxyl groups is 1. The van der Waals surface area contributed by atoms with Crippen LogP contribution < -0.4 is 16.1 Å². The first-order valence-electron chi connectivity index (χ1n) is 12.8. The molecule has 0 spiro atoms. The van der Waals surface area contributed by atoms with Gasteiger partial charge in [0.1, 0.15) is 19.4 Å². The number of morpholine rings is 1. The Morgan fingerprint density at radius 3 is 2.52 bits per heavy atom. The molecule has 40 heavy (non-hydrogen) atoms. The van der Waals surface area contributed by atoms with E-state index in [9.17, 15) is 34.8 Å². The molecule has 3 amide bonds. The van der Waals surface area contributed by atoms with Crippen LogP contribution in [0.2, 0.25) is 0 Å². The first-order chi connectivity index (χ1) is 18.8. The van der Waals surface area contributed by atoms with Crippen molar-refractivity contribution in [2.45, 2.75) is 37.0 Å². The Hall–Kier alpha value is -3.49. The molecule has 2 atom stereocenters. The minimum Gasteiger partial charge on any atom is -0.506 e. The molecular formula is C25H29B2FN4O8. The first kappa shape index (κ1) is 28.1. The monoisotopic (exact) mass is 554 g/mol. The summed E-state index contributed by atoms with van der Waals surface area (Å²) in [7, 11) is 2.37. The Morgan fingerprint density at radius 2 is 1.85 bits per heavy atom. The van der Waals surface area contributed by atoms with Gasteiger partial charge in [0, 0.05) is 42.9 Å². The lowest BCUT2D eigenvalue weighted by Gasteiger charge is -2.46. The number of amides is 3. The van der Waals surface area contributed by atoms with Gasteiger partial charge < -0.3 is 35.4 Å². The highest BCUT2D eigenvalue weighted by molar-refractivity contribution is 6.36. The second kappa shape index (κ2) is 10.2. The van der Waals surface area contributed by atoms with E-state index >= 15 is 4.39 Å². The molecule has 3 heterocycles. The Morgan fingerprint density at radius 1 is 1.15 bits per heavy atom. The predicted octanol–water partition coefficient (Wildman–Crippen LogP) is -3.78. The van der Waals surface area contributed by atoms with Gasteiger partial charge in [-0.1, -0.05) is 18.2 Å². The number of carbonyl (C=O) groups is 3. The number of ether oxygens (including phenoxy) is 1. The van der Waals surface area contributed by atoms with E-state index in [1.165, 1.54) is 12.1 Å². The van der Waals surface area contributed by atoms with E-state index in [2.05, 4.69) is 10.2 Å². The molecule has 2 aromatic rings. The van der Waals surface area contributed by atoms with Gasteiger partial charge >= 0.3 is 0 Å². The molecule has 2 fully saturated rings. The number of phenolic OH excluding ortho intramolecular Hbond substituents is 1. The number of benzene rings is 2. The fourth-order valence-electron chi connectivity index (χ4n) is 5.31. The lowest BCUT2D eigenvalue weighted by atomic mass is 9.68. The summed E-state index contributed by atoms with van der Waals surface area (Å²) in [6.07, 6.45) is 0. The van der Waals surface area contributed by atoms with Gasteiger partial charge in [0.25, 0.3) is 17.7 Å². The van der Waals surface area contributed by atoms with Crippen molar-refractivity contribution in [2.24, 2.45) is 0 Å². The normalized spacial score (nSPS) is 24.6. The molecule has 15 heteroatoms. The molecule has 6 N–H and O–H groups in total. The van der Waals surface area contributed by atoms with E-state index in [-0.39, 0.29) is 35.7 Å². The van der Waals surface area contributed by atoms with Crippen LogP contribution in [0, 0.1) is 5.82 Å². The third-order valence-electron chi connectivity index (χ3n) is 7.84. The van der Waals surface area contributed by atoms with Crippen LogP contribution in [-0.2, 0) is 34.0 Å². The van der Waals surface area contributed by atoms with Crippen LogP contribution in [0.3, 0.4) is 0 Å². The molecule has 5 rings (SSSR count). The zero-order chi connectivity index (χ0) is 29.0. The van der Waals surface area contributed by atoms with E-state index in [1.807, 2.05) is 11.4 Å². The number of hydrogen-bond acceptors (Lipinski definition) is 10. The summed E-state index contributed by atoms with van der Waals surface area (Å²) in [5, 5.41) is 47.4. The molecule has 0 aromatic heterocycles. The van der Waals surface area contributed by atoms with Crippen molar-refractivity contribution in [3.8, 4) is 5.75 Å². The molecule has 12 nitrogen and oxygen atoms in total. The number of nitrogens with one attached hydrogen (secondary N) is 2. The van der Waals surface area contributed by atoms with Gasteiger partial charge in [-0.3, -0.25) is 24.6 Å². The van der Waals surface area contributed by atoms with Crippen molar-refractivity contribution in [3.05, 3.63) is 52.3 Å². The van der Waals surface area contributed by atoms with Crippen LogP contribution in [-0.4, -0.2) is 107 Å². The Bertz CT molecular complexity index is 1400. The molecule has 3 aliphatic heterocycles. The predicted molar refractivity (Wildman–Crippen MR) is 144 cm³/mol. The van der Waals surface area contributed by atoms with Crippen LogP contribution >= 0.6 is 0 Å². The largest absolute Gasteiger partial charge is 0.506 e. The number of rotatable bonds is 6. The van der Waals surface area contributed by atoms with E-state index in [0.29, 0.717) is 30.8 Å². The van der Waals surface area contributed by atoms with E-state index in [1.54, 1.807) is 13.9 Å².